The fourth-order valence-corrected chi connectivity index (χ4v) is 2.30. The second-order valence-corrected chi connectivity index (χ2v) is 4.40. The maximum absolute atomic E-state index is 10.9. The maximum Gasteiger partial charge on any atom is 0.330 e. The van der Waals surface area contributed by atoms with Gasteiger partial charge in [0.2, 0.25) is 0 Å². The average Bonchev–Trinajstić information content (AvgIpc) is 2.84. The average molecular weight is 196 g/mol. The van der Waals surface area contributed by atoms with Crippen molar-refractivity contribution in [2.45, 2.75) is 37.9 Å². The molecule has 0 amide bonds. The molecule has 1 saturated carbocycles. The molecule has 1 saturated heterocycles. The molecule has 2 fully saturated rings. The molecule has 14 heavy (non-hydrogen) atoms. The molecule has 3 atom stereocenters. The number of rotatable bonds is 3. The van der Waals surface area contributed by atoms with Crippen LogP contribution >= 0.6 is 0 Å². The molecule has 0 N–H and O–H groups in total. The fraction of sp³-hybridized carbons (Fsp3) is 0.727. The standard InChI is InChI=1S/C11H16O3/c1-3-10(12)13-7-8-4-5-9-11(2,6-8)14-9/h3,8-9H,1,4-7H2,2H3. The van der Waals surface area contributed by atoms with Crippen molar-refractivity contribution < 1.29 is 14.3 Å². The summed E-state index contributed by atoms with van der Waals surface area (Å²) in [5.74, 6) is 0.136. The van der Waals surface area contributed by atoms with E-state index < -0.39 is 0 Å². The first-order chi connectivity index (χ1) is 6.64. The van der Waals surface area contributed by atoms with E-state index in [-0.39, 0.29) is 11.6 Å². The summed E-state index contributed by atoms with van der Waals surface area (Å²) >= 11 is 0. The Kier molecular flexibility index (Phi) is 2.35. The van der Waals surface area contributed by atoms with Gasteiger partial charge in [-0.3, -0.25) is 0 Å². The summed E-state index contributed by atoms with van der Waals surface area (Å²) in [6, 6.07) is 0. The number of carbonyl (C=O) groups excluding carboxylic acids is 1. The van der Waals surface area contributed by atoms with Gasteiger partial charge in [0.05, 0.1) is 18.3 Å². The van der Waals surface area contributed by atoms with Gasteiger partial charge in [-0.1, -0.05) is 6.58 Å². The van der Waals surface area contributed by atoms with E-state index in [9.17, 15) is 4.79 Å². The molecular weight excluding hydrogens is 180 g/mol. The highest BCUT2D eigenvalue weighted by atomic mass is 16.6. The minimum atomic E-state index is -0.325. The Morgan fingerprint density at radius 1 is 1.71 bits per heavy atom. The van der Waals surface area contributed by atoms with E-state index in [2.05, 4.69) is 13.5 Å². The predicted molar refractivity (Wildman–Crippen MR) is 51.8 cm³/mol. The lowest BCUT2D eigenvalue weighted by atomic mass is 9.83. The summed E-state index contributed by atoms with van der Waals surface area (Å²) in [5.41, 5.74) is 0.0868. The van der Waals surface area contributed by atoms with Gasteiger partial charge in [0, 0.05) is 6.08 Å². The van der Waals surface area contributed by atoms with Gasteiger partial charge in [-0.25, -0.2) is 4.79 Å². The largest absolute Gasteiger partial charge is 0.462 e. The molecule has 0 spiro atoms. The lowest BCUT2D eigenvalue weighted by molar-refractivity contribution is -0.139. The highest BCUT2D eigenvalue weighted by molar-refractivity contribution is 5.81. The molecule has 0 aromatic rings. The Morgan fingerprint density at radius 3 is 3.14 bits per heavy atom. The lowest BCUT2D eigenvalue weighted by Gasteiger charge is -2.22. The van der Waals surface area contributed by atoms with E-state index in [1.165, 1.54) is 6.08 Å². The van der Waals surface area contributed by atoms with Crippen molar-refractivity contribution in [1.29, 1.82) is 0 Å². The summed E-state index contributed by atoms with van der Waals surface area (Å²) < 4.78 is 10.6. The van der Waals surface area contributed by atoms with Crippen LogP contribution in [0.25, 0.3) is 0 Å². The zero-order valence-corrected chi connectivity index (χ0v) is 8.49. The number of ether oxygens (including phenoxy) is 2. The zero-order chi connectivity index (χ0) is 10.2. The van der Waals surface area contributed by atoms with Crippen LogP contribution in [-0.2, 0) is 14.3 Å². The molecule has 1 aliphatic heterocycles. The van der Waals surface area contributed by atoms with Crippen LogP contribution in [0.5, 0.6) is 0 Å². The van der Waals surface area contributed by atoms with E-state index in [4.69, 9.17) is 9.47 Å². The smallest absolute Gasteiger partial charge is 0.330 e. The molecule has 3 unspecified atom stereocenters. The first kappa shape index (κ1) is 9.71. The molecule has 0 radical (unpaired) electrons. The van der Waals surface area contributed by atoms with Gasteiger partial charge in [0.15, 0.2) is 0 Å². The van der Waals surface area contributed by atoms with Crippen LogP contribution < -0.4 is 0 Å². The van der Waals surface area contributed by atoms with Crippen molar-refractivity contribution in [1.82, 2.24) is 0 Å². The SMILES string of the molecule is C=CC(=O)OCC1CCC2OC2(C)C1. The van der Waals surface area contributed by atoms with Crippen LogP contribution in [0.2, 0.25) is 0 Å². The Labute approximate surface area is 84.1 Å². The maximum atomic E-state index is 10.9. The second-order valence-electron chi connectivity index (χ2n) is 4.40. The van der Waals surface area contributed by atoms with Crippen molar-refractivity contribution in [2.24, 2.45) is 5.92 Å². The van der Waals surface area contributed by atoms with E-state index in [0.29, 0.717) is 18.6 Å². The van der Waals surface area contributed by atoms with Crippen LogP contribution in [0.4, 0.5) is 0 Å². The van der Waals surface area contributed by atoms with Crippen molar-refractivity contribution in [3.63, 3.8) is 0 Å². The van der Waals surface area contributed by atoms with Gasteiger partial charge >= 0.3 is 5.97 Å². The Morgan fingerprint density at radius 2 is 2.50 bits per heavy atom. The molecule has 2 rings (SSSR count). The normalized spacial score (nSPS) is 39.8. The molecule has 3 nitrogen and oxygen atoms in total. The van der Waals surface area contributed by atoms with Crippen LogP contribution in [0, 0.1) is 5.92 Å². The number of hydrogen-bond donors (Lipinski definition) is 0. The minimum Gasteiger partial charge on any atom is -0.462 e. The van der Waals surface area contributed by atoms with E-state index >= 15 is 0 Å². The quantitative estimate of drug-likeness (QED) is 0.391. The van der Waals surface area contributed by atoms with E-state index in [1.54, 1.807) is 0 Å². The third-order valence-electron chi connectivity index (χ3n) is 3.19. The number of epoxide rings is 1. The monoisotopic (exact) mass is 196 g/mol. The first-order valence-electron chi connectivity index (χ1n) is 5.11. The zero-order valence-electron chi connectivity index (χ0n) is 8.49. The summed E-state index contributed by atoms with van der Waals surface area (Å²) in [4.78, 5) is 10.9. The molecule has 2 aliphatic rings. The third-order valence-corrected chi connectivity index (χ3v) is 3.19. The number of carbonyl (C=O) groups is 1. The molecule has 1 aliphatic carbocycles. The number of hydrogen-bond acceptors (Lipinski definition) is 3. The Balaban J connectivity index is 1.76. The summed E-state index contributed by atoms with van der Waals surface area (Å²) in [6.45, 7) is 6.01. The topological polar surface area (TPSA) is 38.8 Å². The lowest BCUT2D eigenvalue weighted by Crippen LogP contribution is -2.26. The van der Waals surface area contributed by atoms with Gasteiger partial charge in [-0.2, -0.15) is 0 Å². The molecule has 0 bridgehead atoms. The van der Waals surface area contributed by atoms with Gasteiger partial charge in [-0.05, 0) is 32.1 Å². The van der Waals surface area contributed by atoms with Crippen molar-refractivity contribution >= 4 is 5.97 Å². The van der Waals surface area contributed by atoms with Crippen LogP contribution in [0.15, 0.2) is 12.7 Å². The predicted octanol–water partition coefficient (Wildman–Crippen LogP) is 1.67. The molecule has 78 valence electrons. The van der Waals surface area contributed by atoms with E-state index in [0.717, 1.165) is 19.3 Å². The fourth-order valence-electron chi connectivity index (χ4n) is 2.30. The van der Waals surface area contributed by atoms with Crippen molar-refractivity contribution in [3.05, 3.63) is 12.7 Å². The Bertz CT molecular complexity index is 261. The summed E-state index contributed by atoms with van der Waals surface area (Å²) in [5, 5.41) is 0. The molecule has 0 aromatic carbocycles. The minimum absolute atomic E-state index is 0.0868. The summed E-state index contributed by atoms with van der Waals surface area (Å²) in [6.07, 6.45) is 4.90. The van der Waals surface area contributed by atoms with Gasteiger partial charge in [-0.15, -0.1) is 0 Å². The molecule has 0 aromatic heterocycles. The Hall–Kier alpha value is -0.830. The van der Waals surface area contributed by atoms with Crippen molar-refractivity contribution in [3.8, 4) is 0 Å². The molecule has 1 heterocycles. The van der Waals surface area contributed by atoms with Gasteiger partial charge < -0.3 is 9.47 Å². The van der Waals surface area contributed by atoms with Gasteiger partial charge in [0.1, 0.15) is 0 Å². The molecular formula is C11H16O3. The number of fused-ring (bicyclic) bond motifs is 1. The van der Waals surface area contributed by atoms with Crippen LogP contribution in [0.3, 0.4) is 0 Å². The van der Waals surface area contributed by atoms with Crippen molar-refractivity contribution in [2.75, 3.05) is 6.61 Å². The summed E-state index contributed by atoms with van der Waals surface area (Å²) in [7, 11) is 0. The van der Waals surface area contributed by atoms with Gasteiger partial charge in [0.25, 0.3) is 0 Å². The first-order valence-corrected chi connectivity index (χ1v) is 5.11. The number of esters is 1. The highest BCUT2D eigenvalue weighted by Crippen LogP contribution is 2.49. The third kappa shape index (κ3) is 1.82. The van der Waals surface area contributed by atoms with E-state index in [1.807, 2.05) is 0 Å². The van der Waals surface area contributed by atoms with Crippen LogP contribution in [0.1, 0.15) is 26.2 Å². The molecule has 3 heteroatoms. The highest BCUT2D eigenvalue weighted by Gasteiger charge is 2.55. The second kappa shape index (κ2) is 3.39. The van der Waals surface area contributed by atoms with Crippen LogP contribution in [-0.4, -0.2) is 24.3 Å².